The van der Waals surface area contributed by atoms with Crippen molar-refractivity contribution in [1.29, 1.82) is 0 Å². The van der Waals surface area contributed by atoms with Gasteiger partial charge in [-0.3, -0.25) is 4.79 Å². The molecule has 2 heterocycles. The van der Waals surface area contributed by atoms with Crippen LogP contribution in [0.4, 0.5) is 0 Å². The van der Waals surface area contributed by atoms with E-state index >= 15 is 0 Å². The lowest BCUT2D eigenvalue weighted by Gasteiger charge is -2.35. The molecule has 0 aliphatic carbocycles. The highest BCUT2D eigenvalue weighted by molar-refractivity contribution is 6.42. The zero-order valence-corrected chi connectivity index (χ0v) is 12.9. The summed E-state index contributed by atoms with van der Waals surface area (Å²) in [5.41, 5.74) is 2.74. The topological polar surface area (TPSA) is 46.1 Å². The summed E-state index contributed by atoms with van der Waals surface area (Å²) in [4.78, 5) is 14.4. The molecule has 0 spiro atoms. The first-order valence-electron chi connectivity index (χ1n) is 6.63. The van der Waals surface area contributed by atoms with Gasteiger partial charge >= 0.3 is 0 Å². The number of aromatic nitrogens is 2. The summed E-state index contributed by atoms with van der Waals surface area (Å²) >= 11 is 12.2. The van der Waals surface area contributed by atoms with Crippen LogP contribution in [0.3, 0.4) is 0 Å². The van der Waals surface area contributed by atoms with E-state index in [1.165, 1.54) is 12.4 Å². The molecule has 1 aromatic carbocycles. The number of amides is 1. The van der Waals surface area contributed by atoms with Crippen molar-refractivity contribution in [1.82, 2.24) is 15.1 Å². The zero-order chi connectivity index (χ0) is 15.0. The van der Waals surface area contributed by atoms with E-state index in [1.54, 1.807) is 6.07 Å². The van der Waals surface area contributed by atoms with Crippen molar-refractivity contribution < 1.29 is 4.79 Å². The molecule has 0 fully saturated rings. The molecule has 1 amide bonds. The number of carbonyl (C=O) groups is 1. The minimum Gasteiger partial charge on any atom is -0.331 e. The fourth-order valence-electron chi connectivity index (χ4n) is 2.67. The first kappa shape index (κ1) is 14.3. The van der Waals surface area contributed by atoms with Gasteiger partial charge in [-0.05, 0) is 42.7 Å². The predicted molar refractivity (Wildman–Crippen MR) is 81.6 cm³/mol. The van der Waals surface area contributed by atoms with Gasteiger partial charge in [0.25, 0.3) is 5.91 Å². The third-order valence-electron chi connectivity index (χ3n) is 3.81. The number of nitrogens with zero attached hydrogens (tertiary/aromatic N) is 3. The van der Waals surface area contributed by atoms with Gasteiger partial charge < -0.3 is 4.90 Å². The molecule has 1 atom stereocenters. The number of hydrogen-bond donors (Lipinski definition) is 0. The van der Waals surface area contributed by atoms with Gasteiger partial charge in [-0.15, -0.1) is 0 Å². The van der Waals surface area contributed by atoms with Gasteiger partial charge in [-0.2, -0.15) is 10.2 Å². The van der Waals surface area contributed by atoms with Crippen LogP contribution in [0.1, 0.15) is 34.5 Å². The van der Waals surface area contributed by atoms with Crippen LogP contribution in [0, 0.1) is 0 Å². The monoisotopic (exact) mass is 321 g/mol. The van der Waals surface area contributed by atoms with Crippen LogP contribution in [-0.4, -0.2) is 27.5 Å². The third-order valence-corrected chi connectivity index (χ3v) is 4.54. The van der Waals surface area contributed by atoms with E-state index < -0.39 is 0 Å². The summed E-state index contributed by atoms with van der Waals surface area (Å²) in [5.74, 6) is -0.0471. The van der Waals surface area contributed by atoms with Crippen molar-refractivity contribution in [2.24, 2.45) is 0 Å². The number of rotatable bonds is 1. The molecule has 1 aliphatic heterocycles. The maximum absolute atomic E-state index is 12.6. The van der Waals surface area contributed by atoms with E-state index in [-0.39, 0.29) is 11.9 Å². The number of benzene rings is 1. The minimum atomic E-state index is -0.0517. The molecule has 0 N–H and O–H groups in total. The number of carbonyl (C=O) groups excluding carboxylic acids is 1. The quantitative estimate of drug-likeness (QED) is 0.807. The highest BCUT2D eigenvalue weighted by atomic mass is 35.5. The Kier molecular flexibility index (Phi) is 3.83. The third kappa shape index (κ3) is 2.61. The molecule has 0 saturated heterocycles. The van der Waals surface area contributed by atoms with Crippen LogP contribution < -0.4 is 0 Å². The van der Waals surface area contributed by atoms with Gasteiger partial charge in [0.05, 0.1) is 34.0 Å². The van der Waals surface area contributed by atoms with Crippen molar-refractivity contribution in [2.45, 2.75) is 19.4 Å². The van der Waals surface area contributed by atoms with E-state index in [2.05, 4.69) is 10.2 Å². The Morgan fingerprint density at radius 1 is 1.29 bits per heavy atom. The van der Waals surface area contributed by atoms with E-state index in [0.717, 1.165) is 17.5 Å². The SMILES string of the molecule is C[C@@H]1c2cc(Cl)c(Cl)cc2CCN1C(=O)c1ccnnc1. The summed E-state index contributed by atoms with van der Waals surface area (Å²) in [6.07, 6.45) is 3.77. The first-order valence-corrected chi connectivity index (χ1v) is 7.39. The Bertz CT molecular complexity index is 691. The Hall–Kier alpha value is -1.65. The lowest BCUT2D eigenvalue weighted by molar-refractivity contribution is 0.0677. The molecule has 0 saturated carbocycles. The van der Waals surface area contributed by atoms with E-state index in [0.29, 0.717) is 22.2 Å². The van der Waals surface area contributed by atoms with Gasteiger partial charge in [0.1, 0.15) is 0 Å². The average Bonchev–Trinajstić information content (AvgIpc) is 2.50. The fourth-order valence-corrected chi connectivity index (χ4v) is 3.03. The second-order valence-electron chi connectivity index (χ2n) is 5.02. The molecule has 0 radical (unpaired) electrons. The molecule has 2 aromatic rings. The Labute approximate surface area is 132 Å². The van der Waals surface area contributed by atoms with E-state index in [4.69, 9.17) is 23.2 Å². The highest BCUT2D eigenvalue weighted by Crippen LogP contribution is 2.35. The van der Waals surface area contributed by atoms with Gasteiger partial charge in [0, 0.05) is 6.54 Å². The minimum absolute atomic E-state index is 0.0471. The Morgan fingerprint density at radius 2 is 2.05 bits per heavy atom. The summed E-state index contributed by atoms with van der Waals surface area (Å²) in [7, 11) is 0. The number of halogens is 2. The van der Waals surface area contributed by atoms with Crippen LogP contribution in [0.2, 0.25) is 10.0 Å². The van der Waals surface area contributed by atoms with Crippen LogP contribution in [0.15, 0.2) is 30.6 Å². The molecule has 3 rings (SSSR count). The van der Waals surface area contributed by atoms with Crippen molar-refractivity contribution >= 4 is 29.1 Å². The molecule has 108 valence electrons. The van der Waals surface area contributed by atoms with Crippen LogP contribution in [0.25, 0.3) is 0 Å². The smallest absolute Gasteiger partial charge is 0.256 e. The molecule has 6 heteroatoms. The molecule has 4 nitrogen and oxygen atoms in total. The lowest BCUT2D eigenvalue weighted by atomic mass is 9.93. The van der Waals surface area contributed by atoms with Crippen molar-refractivity contribution in [2.75, 3.05) is 6.54 Å². The van der Waals surface area contributed by atoms with Gasteiger partial charge in [0.2, 0.25) is 0 Å². The summed E-state index contributed by atoms with van der Waals surface area (Å²) < 4.78 is 0. The van der Waals surface area contributed by atoms with Gasteiger partial charge in [-0.1, -0.05) is 23.2 Å². The maximum atomic E-state index is 12.6. The maximum Gasteiger partial charge on any atom is 0.256 e. The van der Waals surface area contributed by atoms with Crippen LogP contribution in [-0.2, 0) is 6.42 Å². The van der Waals surface area contributed by atoms with Crippen molar-refractivity contribution in [3.63, 3.8) is 0 Å². The Morgan fingerprint density at radius 3 is 2.76 bits per heavy atom. The van der Waals surface area contributed by atoms with E-state index in [1.807, 2.05) is 24.0 Å². The predicted octanol–water partition coefficient (Wildman–Crippen LogP) is 3.54. The normalized spacial score (nSPS) is 17.5. The number of hydrogen-bond acceptors (Lipinski definition) is 3. The Balaban J connectivity index is 1.94. The first-order chi connectivity index (χ1) is 10.1. The second kappa shape index (κ2) is 5.62. The summed E-state index contributed by atoms with van der Waals surface area (Å²) in [6.45, 7) is 2.64. The summed E-state index contributed by atoms with van der Waals surface area (Å²) in [6, 6.07) is 5.37. The lowest BCUT2D eigenvalue weighted by Crippen LogP contribution is -2.38. The largest absolute Gasteiger partial charge is 0.331 e. The molecule has 21 heavy (non-hydrogen) atoms. The van der Waals surface area contributed by atoms with Gasteiger partial charge in [-0.25, -0.2) is 0 Å². The van der Waals surface area contributed by atoms with Gasteiger partial charge in [0.15, 0.2) is 0 Å². The summed E-state index contributed by atoms with van der Waals surface area (Å²) in [5, 5.41) is 8.53. The molecule has 0 bridgehead atoms. The molecule has 0 unspecified atom stereocenters. The second-order valence-corrected chi connectivity index (χ2v) is 5.84. The average molecular weight is 322 g/mol. The number of fused-ring (bicyclic) bond motifs is 1. The molecular formula is C15H13Cl2N3O. The molecule has 1 aliphatic rings. The van der Waals surface area contributed by atoms with Crippen molar-refractivity contribution in [3.05, 3.63) is 57.3 Å². The molecular weight excluding hydrogens is 309 g/mol. The fraction of sp³-hybridized carbons (Fsp3) is 0.267. The van der Waals surface area contributed by atoms with Crippen LogP contribution in [0.5, 0.6) is 0 Å². The molecule has 1 aromatic heterocycles. The van der Waals surface area contributed by atoms with Crippen molar-refractivity contribution in [3.8, 4) is 0 Å². The zero-order valence-electron chi connectivity index (χ0n) is 11.4. The van der Waals surface area contributed by atoms with E-state index in [9.17, 15) is 4.79 Å². The van der Waals surface area contributed by atoms with Crippen LogP contribution >= 0.6 is 23.2 Å². The highest BCUT2D eigenvalue weighted by Gasteiger charge is 2.29. The standard InChI is InChI=1S/C15H13Cl2N3O/c1-9-12-7-14(17)13(16)6-10(12)3-5-20(9)15(21)11-2-4-18-19-8-11/h2,4,6-9H,3,5H2,1H3/t9-/m1/s1.